The van der Waals surface area contributed by atoms with Gasteiger partial charge in [0.2, 0.25) is 0 Å². The molecular formula is C14H14BrN3O4. The lowest BCUT2D eigenvalue weighted by molar-refractivity contribution is -0.385. The van der Waals surface area contributed by atoms with Crippen LogP contribution in [-0.4, -0.2) is 34.8 Å². The first kappa shape index (κ1) is 15.0. The van der Waals surface area contributed by atoms with Gasteiger partial charge in [-0.1, -0.05) is 0 Å². The summed E-state index contributed by atoms with van der Waals surface area (Å²) in [5.41, 5.74) is 1.79. The number of nitrogens with zero attached hydrogens (tertiary/aromatic N) is 3. The SMILES string of the molecule is COc1cc(-c2nc(Br)c3n2CCOCC3)ccc1[N+](=O)[O-]. The molecule has 1 aromatic carbocycles. The van der Waals surface area contributed by atoms with Crippen LogP contribution in [0.5, 0.6) is 5.75 Å². The lowest BCUT2D eigenvalue weighted by atomic mass is 10.1. The number of aromatic nitrogens is 2. The van der Waals surface area contributed by atoms with E-state index in [2.05, 4.69) is 25.5 Å². The Labute approximate surface area is 135 Å². The number of hydrogen-bond donors (Lipinski definition) is 0. The Bertz CT molecular complexity index is 729. The van der Waals surface area contributed by atoms with Gasteiger partial charge < -0.3 is 14.0 Å². The molecule has 0 bridgehead atoms. The third kappa shape index (κ3) is 2.59. The van der Waals surface area contributed by atoms with Gasteiger partial charge in [-0.3, -0.25) is 10.1 Å². The number of ether oxygens (including phenoxy) is 2. The van der Waals surface area contributed by atoms with Crippen LogP contribution >= 0.6 is 15.9 Å². The number of nitro groups is 1. The van der Waals surface area contributed by atoms with Crippen LogP contribution in [0.25, 0.3) is 11.4 Å². The first-order valence-electron chi connectivity index (χ1n) is 6.77. The Balaban J connectivity index is 2.10. The minimum atomic E-state index is -0.460. The van der Waals surface area contributed by atoms with Crippen LogP contribution in [0.15, 0.2) is 22.8 Å². The van der Waals surface area contributed by atoms with Crippen LogP contribution in [0.2, 0.25) is 0 Å². The van der Waals surface area contributed by atoms with Gasteiger partial charge in [0.05, 0.1) is 30.9 Å². The van der Waals surface area contributed by atoms with Crippen LogP contribution in [0.4, 0.5) is 5.69 Å². The summed E-state index contributed by atoms with van der Waals surface area (Å²) in [5, 5.41) is 11.0. The average Bonchev–Trinajstić information content (AvgIpc) is 2.69. The van der Waals surface area contributed by atoms with Gasteiger partial charge in [-0.05, 0) is 28.1 Å². The van der Waals surface area contributed by atoms with E-state index >= 15 is 0 Å². The van der Waals surface area contributed by atoms with Gasteiger partial charge in [-0.2, -0.15) is 0 Å². The summed E-state index contributed by atoms with van der Waals surface area (Å²) < 4.78 is 13.5. The molecule has 22 heavy (non-hydrogen) atoms. The predicted octanol–water partition coefficient (Wildman–Crippen LogP) is 2.80. The van der Waals surface area contributed by atoms with E-state index < -0.39 is 4.92 Å². The Hall–Kier alpha value is -1.93. The number of benzene rings is 1. The molecule has 0 atom stereocenters. The fraction of sp³-hybridized carbons (Fsp3) is 0.357. The molecule has 2 heterocycles. The van der Waals surface area contributed by atoms with Crippen LogP contribution in [0.1, 0.15) is 5.69 Å². The second-order valence-electron chi connectivity index (χ2n) is 4.83. The van der Waals surface area contributed by atoms with Crippen LogP contribution < -0.4 is 4.74 Å². The van der Waals surface area contributed by atoms with E-state index in [9.17, 15) is 10.1 Å². The Morgan fingerprint density at radius 2 is 2.27 bits per heavy atom. The van der Waals surface area contributed by atoms with Crippen molar-refractivity contribution in [3.8, 4) is 17.1 Å². The minimum absolute atomic E-state index is 0.0590. The van der Waals surface area contributed by atoms with Crippen molar-refractivity contribution in [1.82, 2.24) is 9.55 Å². The number of methoxy groups -OCH3 is 1. The van der Waals surface area contributed by atoms with E-state index in [1.54, 1.807) is 12.1 Å². The summed E-state index contributed by atoms with van der Waals surface area (Å²) >= 11 is 3.48. The van der Waals surface area contributed by atoms with Crippen molar-refractivity contribution in [2.24, 2.45) is 0 Å². The maximum Gasteiger partial charge on any atom is 0.310 e. The second kappa shape index (κ2) is 6.05. The second-order valence-corrected chi connectivity index (χ2v) is 5.58. The summed E-state index contributed by atoms with van der Waals surface area (Å²) in [6, 6.07) is 4.78. The van der Waals surface area contributed by atoms with E-state index in [-0.39, 0.29) is 11.4 Å². The molecule has 116 valence electrons. The molecule has 2 aromatic rings. The highest BCUT2D eigenvalue weighted by atomic mass is 79.9. The van der Waals surface area contributed by atoms with Crippen molar-refractivity contribution >= 4 is 21.6 Å². The molecule has 0 saturated heterocycles. The fourth-order valence-corrected chi connectivity index (χ4v) is 3.13. The van der Waals surface area contributed by atoms with E-state index in [1.165, 1.54) is 13.2 Å². The van der Waals surface area contributed by atoms with E-state index in [0.717, 1.165) is 28.1 Å². The molecule has 0 amide bonds. The summed E-state index contributed by atoms with van der Waals surface area (Å²) in [7, 11) is 1.42. The van der Waals surface area contributed by atoms with Crippen molar-refractivity contribution in [3.63, 3.8) is 0 Å². The zero-order valence-electron chi connectivity index (χ0n) is 11.9. The monoisotopic (exact) mass is 367 g/mol. The summed E-state index contributed by atoms with van der Waals surface area (Å²) in [5.74, 6) is 0.974. The number of hydrogen-bond acceptors (Lipinski definition) is 5. The maximum absolute atomic E-state index is 11.0. The number of fused-ring (bicyclic) bond motifs is 1. The maximum atomic E-state index is 11.0. The molecule has 0 unspecified atom stereocenters. The predicted molar refractivity (Wildman–Crippen MR) is 83.1 cm³/mol. The number of imidazole rings is 1. The quantitative estimate of drug-likeness (QED) is 0.615. The molecule has 0 fully saturated rings. The van der Waals surface area contributed by atoms with Gasteiger partial charge in [0.1, 0.15) is 10.4 Å². The molecule has 0 spiro atoms. The number of rotatable bonds is 3. The van der Waals surface area contributed by atoms with Gasteiger partial charge in [0.15, 0.2) is 5.75 Å². The zero-order valence-corrected chi connectivity index (χ0v) is 13.5. The smallest absolute Gasteiger partial charge is 0.310 e. The van der Waals surface area contributed by atoms with E-state index in [1.807, 2.05) is 0 Å². The molecule has 1 aromatic heterocycles. The topological polar surface area (TPSA) is 79.4 Å². The third-order valence-electron chi connectivity index (χ3n) is 3.60. The summed E-state index contributed by atoms with van der Waals surface area (Å²) in [6.45, 7) is 1.98. The molecule has 0 aliphatic carbocycles. The molecular weight excluding hydrogens is 354 g/mol. The van der Waals surface area contributed by atoms with Gasteiger partial charge in [0.25, 0.3) is 0 Å². The first-order chi connectivity index (χ1) is 10.6. The van der Waals surface area contributed by atoms with E-state index in [0.29, 0.717) is 19.8 Å². The molecule has 0 radical (unpaired) electrons. The lowest BCUT2D eigenvalue weighted by Crippen LogP contribution is -2.06. The van der Waals surface area contributed by atoms with Crippen molar-refractivity contribution in [2.75, 3.05) is 20.3 Å². The van der Waals surface area contributed by atoms with Crippen LogP contribution in [-0.2, 0) is 17.7 Å². The molecule has 1 aliphatic rings. The Morgan fingerprint density at radius 1 is 1.45 bits per heavy atom. The van der Waals surface area contributed by atoms with Crippen LogP contribution in [0.3, 0.4) is 0 Å². The standard InChI is InChI=1S/C14H14BrN3O4/c1-21-12-8-9(2-3-10(12)18(19)20)14-16-13(15)11-4-6-22-7-5-17(11)14/h2-3,8H,4-7H2,1H3. The Morgan fingerprint density at radius 3 is 3.00 bits per heavy atom. The molecule has 3 rings (SSSR count). The normalized spacial score (nSPS) is 14.3. The lowest BCUT2D eigenvalue weighted by Gasteiger charge is -2.09. The average molecular weight is 368 g/mol. The first-order valence-corrected chi connectivity index (χ1v) is 7.56. The summed E-state index contributed by atoms with van der Waals surface area (Å²) in [6.07, 6.45) is 0.775. The van der Waals surface area contributed by atoms with Crippen LogP contribution in [0, 0.1) is 10.1 Å². The Kier molecular flexibility index (Phi) is 4.12. The zero-order chi connectivity index (χ0) is 15.7. The van der Waals surface area contributed by atoms with Crippen molar-refractivity contribution in [3.05, 3.63) is 38.6 Å². The molecule has 8 heteroatoms. The molecule has 1 aliphatic heterocycles. The highest BCUT2D eigenvalue weighted by Crippen LogP contribution is 2.34. The largest absolute Gasteiger partial charge is 0.490 e. The summed E-state index contributed by atoms with van der Waals surface area (Å²) in [4.78, 5) is 15.1. The van der Waals surface area contributed by atoms with Gasteiger partial charge in [-0.15, -0.1) is 0 Å². The third-order valence-corrected chi connectivity index (χ3v) is 4.24. The highest BCUT2D eigenvalue weighted by Gasteiger charge is 2.21. The highest BCUT2D eigenvalue weighted by molar-refractivity contribution is 9.10. The van der Waals surface area contributed by atoms with E-state index in [4.69, 9.17) is 9.47 Å². The number of nitro benzene ring substituents is 1. The van der Waals surface area contributed by atoms with Crippen molar-refractivity contribution in [2.45, 2.75) is 13.0 Å². The minimum Gasteiger partial charge on any atom is -0.490 e. The number of halogens is 1. The van der Waals surface area contributed by atoms with Crippen molar-refractivity contribution in [1.29, 1.82) is 0 Å². The fourth-order valence-electron chi connectivity index (χ4n) is 2.55. The van der Waals surface area contributed by atoms with Gasteiger partial charge in [0, 0.05) is 24.6 Å². The molecule has 0 saturated carbocycles. The molecule has 7 nitrogen and oxygen atoms in total. The van der Waals surface area contributed by atoms with Gasteiger partial charge >= 0.3 is 5.69 Å². The molecule has 0 N–H and O–H groups in total. The van der Waals surface area contributed by atoms with Gasteiger partial charge in [-0.25, -0.2) is 4.98 Å². The van der Waals surface area contributed by atoms with Crippen molar-refractivity contribution < 1.29 is 14.4 Å².